The molecule has 0 amide bonds. The molecule has 0 bridgehead atoms. The van der Waals surface area contributed by atoms with Gasteiger partial charge in [0.2, 0.25) is 0 Å². The Hall–Kier alpha value is -1.75. The van der Waals surface area contributed by atoms with E-state index in [1.807, 2.05) is 27.7 Å². The van der Waals surface area contributed by atoms with E-state index in [9.17, 15) is 4.79 Å². The third-order valence-corrected chi connectivity index (χ3v) is 3.22. The van der Waals surface area contributed by atoms with E-state index in [-0.39, 0.29) is 10.6 Å². The van der Waals surface area contributed by atoms with Gasteiger partial charge in [-0.1, -0.05) is 32.4 Å². The van der Waals surface area contributed by atoms with Crippen LogP contribution in [-0.4, -0.2) is 26.0 Å². The first-order valence-electron chi connectivity index (χ1n) is 6.31. The van der Waals surface area contributed by atoms with Crippen LogP contribution in [0.1, 0.15) is 48.3 Å². The standard InChI is InChI=1S/C14H17ClN4O/c1-8-6-11(17-9(2)16-8)19-13(15)10(7-20)12(18-19)14(3,4)5/h6-7H,1-5H3. The van der Waals surface area contributed by atoms with Crippen LogP contribution < -0.4 is 0 Å². The summed E-state index contributed by atoms with van der Waals surface area (Å²) in [6.45, 7) is 9.64. The van der Waals surface area contributed by atoms with Gasteiger partial charge in [-0.3, -0.25) is 4.79 Å². The van der Waals surface area contributed by atoms with Crippen molar-refractivity contribution in [3.63, 3.8) is 0 Å². The van der Waals surface area contributed by atoms with Crippen molar-refractivity contribution in [3.8, 4) is 5.82 Å². The molecule has 106 valence electrons. The van der Waals surface area contributed by atoms with Crippen LogP contribution in [0, 0.1) is 13.8 Å². The minimum absolute atomic E-state index is 0.276. The first-order chi connectivity index (χ1) is 9.24. The average Bonchev–Trinajstić information content (AvgIpc) is 2.64. The molecule has 6 heteroatoms. The van der Waals surface area contributed by atoms with Gasteiger partial charge in [-0.2, -0.15) is 5.10 Å². The van der Waals surface area contributed by atoms with Crippen LogP contribution in [0.25, 0.3) is 5.82 Å². The summed E-state index contributed by atoms with van der Waals surface area (Å²) >= 11 is 6.28. The number of aryl methyl sites for hydroxylation is 2. The van der Waals surface area contributed by atoms with Crippen molar-refractivity contribution in [1.82, 2.24) is 19.7 Å². The van der Waals surface area contributed by atoms with E-state index in [4.69, 9.17) is 11.6 Å². The van der Waals surface area contributed by atoms with Crippen LogP contribution in [0.2, 0.25) is 5.15 Å². The highest BCUT2D eigenvalue weighted by Crippen LogP contribution is 2.30. The zero-order valence-electron chi connectivity index (χ0n) is 12.2. The van der Waals surface area contributed by atoms with Crippen LogP contribution in [0.3, 0.4) is 0 Å². The van der Waals surface area contributed by atoms with Gasteiger partial charge in [-0.05, 0) is 13.8 Å². The maximum Gasteiger partial charge on any atom is 0.159 e. The minimum Gasteiger partial charge on any atom is -0.298 e. The van der Waals surface area contributed by atoms with Crippen molar-refractivity contribution in [2.75, 3.05) is 0 Å². The molecule has 2 aromatic rings. The van der Waals surface area contributed by atoms with E-state index in [2.05, 4.69) is 15.1 Å². The van der Waals surface area contributed by atoms with E-state index in [1.165, 1.54) is 4.68 Å². The van der Waals surface area contributed by atoms with Gasteiger partial charge in [0.15, 0.2) is 12.1 Å². The molecule has 5 nitrogen and oxygen atoms in total. The molecule has 0 aliphatic heterocycles. The molecule has 0 radical (unpaired) electrons. The molecule has 2 rings (SSSR count). The van der Waals surface area contributed by atoms with Gasteiger partial charge in [0, 0.05) is 17.2 Å². The van der Waals surface area contributed by atoms with Crippen molar-refractivity contribution >= 4 is 17.9 Å². The van der Waals surface area contributed by atoms with Gasteiger partial charge in [0.1, 0.15) is 11.0 Å². The lowest BCUT2D eigenvalue weighted by Gasteiger charge is -2.15. The van der Waals surface area contributed by atoms with Gasteiger partial charge < -0.3 is 0 Å². The normalized spacial score (nSPS) is 11.7. The summed E-state index contributed by atoms with van der Waals surface area (Å²) in [4.78, 5) is 19.9. The van der Waals surface area contributed by atoms with Gasteiger partial charge in [-0.25, -0.2) is 14.6 Å². The molecule has 0 spiro atoms. The molecule has 0 aromatic carbocycles. The summed E-state index contributed by atoms with van der Waals surface area (Å²) in [5.74, 6) is 1.20. The number of halogens is 1. The van der Waals surface area contributed by atoms with Gasteiger partial charge in [0.05, 0.1) is 11.3 Å². The number of hydrogen-bond acceptors (Lipinski definition) is 4. The Labute approximate surface area is 123 Å². The number of aromatic nitrogens is 4. The summed E-state index contributed by atoms with van der Waals surface area (Å²) in [5.41, 5.74) is 1.62. The van der Waals surface area contributed by atoms with Crippen molar-refractivity contribution in [2.24, 2.45) is 0 Å². The molecular formula is C14H17ClN4O. The predicted molar refractivity (Wildman–Crippen MR) is 77.7 cm³/mol. The molecule has 0 saturated heterocycles. The Bertz CT molecular complexity index is 650. The molecule has 0 aliphatic carbocycles. The summed E-state index contributed by atoms with van der Waals surface area (Å²) in [6.07, 6.45) is 0.743. The molecular weight excluding hydrogens is 276 g/mol. The predicted octanol–water partition coefficient (Wildman–Crippen LogP) is 3.04. The number of carbonyl (C=O) groups excluding carboxylic acids is 1. The van der Waals surface area contributed by atoms with Crippen LogP contribution >= 0.6 is 11.6 Å². The van der Waals surface area contributed by atoms with Gasteiger partial charge >= 0.3 is 0 Å². The lowest BCUT2D eigenvalue weighted by Crippen LogP contribution is -2.15. The molecule has 0 atom stereocenters. The fourth-order valence-corrected chi connectivity index (χ4v) is 2.28. The first kappa shape index (κ1) is 14.7. The zero-order valence-corrected chi connectivity index (χ0v) is 13.0. The van der Waals surface area contributed by atoms with Crippen molar-refractivity contribution in [1.29, 1.82) is 0 Å². The van der Waals surface area contributed by atoms with Crippen LogP contribution in [0.4, 0.5) is 0 Å². The van der Waals surface area contributed by atoms with Gasteiger partial charge in [0.25, 0.3) is 0 Å². The third-order valence-electron chi connectivity index (χ3n) is 2.86. The minimum atomic E-state index is -0.276. The van der Waals surface area contributed by atoms with Crippen molar-refractivity contribution < 1.29 is 4.79 Å². The second kappa shape index (κ2) is 4.98. The average molecular weight is 293 g/mol. The zero-order chi connectivity index (χ0) is 15.1. The molecule has 0 fully saturated rings. The van der Waals surface area contributed by atoms with E-state index in [1.54, 1.807) is 13.0 Å². The summed E-state index contributed by atoms with van der Waals surface area (Å²) in [5, 5.41) is 4.75. The summed E-state index contributed by atoms with van der Waals surface area (Å²) in [7, 11) is 0. The van der Waals surface area contributed by atoms with Crippen LogP contribution in [-0.2, 0) is 5.41 Å². The highest BCUT2D eigenvalue weighted by Gasteiger charge is 2.26. The highest BCUT2D eigenvalue weighted by atomic mass is 35.5. The van der Waals surface area contributed by atoms with Crippen LogP contribution in [0.15, 0.2) is 6.07 Å². The lowest BCUT2D eigenvalue weighted by atomic mass is 9.90. The second-order valence-corrected chi connectivity index (χ2v) is 6.11. The first-order valence-corrected chi connectivity index (χ1v) is 6.68. The molecule has 0 N–H and O–H groups in total. The maximum atomic E-state index is 11.3. The number of rotatable bonds is 2. The SMILES string of the molecule is Cc1cc(-n2nc(C(C)(C)C)c(C=O)c2Cl)nc(C)n1. The molecule has 0 unspecified atom stereocenters. The molecule has 2 aromatic heterocycles. The fraction of sp³-hybridized carbons (Fsp3) is 0.429. The largest absolute Gasteiger partial charge is 0.298 e. The Morgan fingerprint density at radius 2 is 1.90 bits per heavy atom. The Morgan fingerprint density at radius 1 is 1.25 bits per heavy atom. The van der Waals surface area contributed by atoms with Crippen molar-refractivity contribution in [2.45, 2.75) is 40.0 Å². The topological polar surface area (TPSA) is 60.7 Å². The second-order valence-electron chi connectivity index (χ2n) is 5.75. The van der Waals surface area contributed by atoms with Gasteiger partial charge in [-0.15, -0.1) is 0 Å². The lowest BCUT2D eigenvalue weighted by molar-refractivity contribution is 0.112. The number of nitrogens with zero attached hydrogens (tertiary/aromatic N) is 4. The monoisotopic (exact) mass is 292 g/mol. The number of hydrogen-bond donors (Lipinski definition) is 0. The maximum absolute atomic E-state index is 11.3. The Kier molecular flexibility index (Phi) is 3.65. The van der Waals surface area contributed by atoms with E-state index >= 15 is 0 Å². The molecule has 20 heavy (non-hydrogen) atoms. The summed E-state index contributed by atoms with van der Waals surface area (Å²) in [6, 6.07) is 1.78. The Morgan fingerprint density at radius 3 is 2.35 bits per heavy atom. The Balaban J connectivity index is 2.69. The quantitative estimate of drug-likeness (QED) is 0.798. The van der Waals surface area contributed by atoms with E-state index in [0.29, 0.717) is 22.9 Å². The fourth-order valence-electron chi connectivity index (χ4n) is 2.03. The van der Waals surface area contributed by atoms with Crippen LogP contribution in [0.5, 0.6) is 0 Å². The smallest absolute Gasteiger partial charge is 0.159 e. The molecule has 0 aliphatic rings. The number of carbonyl (C=O) groups is 1. The molecule has 2 heterocycles. The summed E-state index contributed by atoms with van der Waals surface area (Å²) < 4.78 is 1.49. The highest BCUT2D eigenvalue weighted by molar-refractivity contribution is 6.32. The number of aldehydes is 1. The molecule has 0 saturated carbocycles. The van der Waals surface area contributed by atoms with E-state index < -0.39 is 0 Å². The third kappa shape index (κ3) is 2.58. The van der Waals surface area contributed by atoms with Crippen molar-refractivity contribution in [3.05, 3.63) is 34.0 Å². The van der Waals surface area contributed by atoms with E-state index in [0.717, 1.165) is 12.0 Å².